The third-order valence-electron chi connectivity index (χ3n) is 0.940. The molecular formula is C7H10N2O3. The average molecular weight is 170 g/mol. The third-order valence-corrected chi connectivity index (χ3v) is 0.940. The second-order valence-electron chi connectivity index (χ2n) is 1.95. The van der Waals surface area contributed by atoms with Gasteiger partial charge in [0.25, 0.3) is 0 Å². The van der Waals surface area contributed by atoms with Gasteiger partial charge in [0.2, 0.25) is 5.91 Å². The Hall–Kier alpha value is -1.54. The summed E-state index contributed by atoms with van der Waals surface area (Å²) in [5, 5.41) is 10.4. The minimum atomic E-state index is -0.908. The predicted molar refractivity (Wildman–Crippen MR) is 41.8 cm³/mol. The molecule has 5 heteroatoms. The van der Waals surface area contributed by atoms with Crippen LogP contribution in [0.2, 0.25) is 0 Å². The Bertz CT molecular complexity index is 227. The molecule has 0 fully saturated rings. The van der Waals surface area contributed by atoms with E-state index in [0.717, 1.165) is 0 Å². The molecule has 0 aliphatic heterocycles. The molecule has 1 amide bonds. The molecule has 0 aromatic heterocycles. The van der Waals surface area contributed by atoms with E-state index in [2.05, 4.69) is 17.3 Å². The number of carbonyl (C=O) groups is 2. The number of hydrogen-bond donors (Lipinski definition) is 3. The largest absolute Gasteiger partial charge is 0.481 e. The fourth-order valence-electron chi connectivity index (χ4n) is 0.397. The van der Waals surface area contributed by atoms with Gasteiger partial charge in [-0.3, -0.25) is 14.9 Å². The normalized spacial score (nSPS) is 8.08. The molecule has 0 saturated carbocycles. The average Bonchev–Trinajstić information content (AvgIpc) is 2.03. The van der Waals surface area contributed by atoms with E-state index >= 15 is 0 Å². The van der Waals surface area contributed by atoms with E-state index in [9.17, 15) is 9.59 Å². The van der Waals surface area contributed by atoms with Crippen LogP contribution in [0.3, 0.4) is 0 Å². The molecule has 12 heavy (non-hydrogen) atoms. The molecule has 0 aliphatic rings. The first-order valence-electron chi connectivity index (χ1n) is 3.35. The second-order valence-corrected chi connectivity index (χ2v) is 1.95. The highest BCUT2D eigenvalue weighted by Crippen LogP contribution is 1.83. The number of nitrogens with one attached hydrogen (secondary N) is 1. The summed E-state index contributed by atoms with van der Waals surface area (Å²) in [6.45, 7) is -0.117. The van der Waals surface area contributed by atoms with Gasteiger partial charge in [0.05, 0.1) is 13.0 Å². The zero-order chi connectivity index (χ0) is 9.40. The van der Waals surface area contributed by atoms with E-state index in [0.29, 0.717) is 0 Å². The first kappa shape index (κ1) is 10.5. The Morgan fingerprint density at radius 3 is 2.67 bits per heavy atom. The van der Waals surface area contributed by atoms with Gasteiger partial charge in [0, 0.05) is 12.5 Å². The summed E-state index contributed by atoms with van der Waals surface area (Å²) in [6, 6.07) is 2.30. The molecular weight excluding hydrogens is 160 g/mol. The number of carbonyl (C=O) groups excluding carboxylic acids is 1. The number of carboxylic acid groups (broad SMARTS) is 1. The molecule has 0 atom stereocenters. The molecule has 0 saturated heterocycles. The highest BCUT2D eigenvalue weighted by Gasteiger charge is 1.92. The molecule has 4 N–H and O–H groups in total. The van der Waals surface area contributed by atoms with Crippen molar-refractivity contribution in [3.05, 3.63) is 0 Å². The van der Waals surface area contributed by atoms with Crippen LogP contribution in [0.15, 0.2) is 0 Å². The van der Waals surface area contributed by atoms with Crippen molar-refractivity contribution in [2.45, 2.75) is 12.8 Å². The minimum absolute atomic E-state index is 0.0223. The minimum Gasteiger partial charge on any atom is -0.481 e. The Morgan fingerprint density at radius 2 is 2.17 bits per heavy atom. The van der Waals surface area contributed by atoms with Gasteiger partial charge in [-0.2, -0.15) is 0 Å². The van der Waals surface area contributed by atoms with Gasteiger partial charge in [0.1, 0.15) is 0 Å². The van der Waals surface area contributed by atoms with Gasteiger partial charge in [-0.1, -0.05) is 5.92 Å². The van der Waals surface area contributed by atoms with Gasteiger partial charge >= 0.3 is 5.97 Å². The Labute approximate surface area is 69.9 Å². The number of rotatable bonds is 3. The summed E-state index contributed by atoms with van der Waals surface area (Å²) in [4.78, 5) is 20.4. The lowest BCUT2D eigenvalue weighted by atomic mass is 10.3. The smallest absolute Gasteiger partial charge is 0.304 e. The summed E-state index contributed by atoms with van der Waals surface area (Å²) in [5.41, 5.74) is 4.96. The van der Waals surface area contributed by atoms with Crippen molar-refractivity contribution in [1.29, 1.82) is 0 Å². The molecule has 0 unspecified atom stereocenters. The van der Waals surface area contributed by atoms with Crippen LogP contribution in [0.4, 0.5) is 0 Å². The van der Waals surface area contributed by atoms with Crippen LogP contribution in [0.1, 0.15) is 12.8 Å². The van der Waals surface area contributed by atoms with Crippen molar-refractivity contribution >= 4 is 11.9 Å². The van der Waals surface area contributed by atoms with Crippen LogP contribution in [0, 0.1) is 12.0 Å². The zero-order valence-corrected chi connectivity index (χ0v) is 6.46. The van der Waals surface area contributed by atoms with E-state index < -0.39 is 5.97 Å². The number of hydrogen-bond acceptors (Lipinski definition) is 3. The fraction of sp³-hybridized carbons (Fsp3) is 0.429. The summed E-state index contributed by atoms with van der Waals surface area (Å²) < 4.78 is 0. The lowest BCUT2D eigenvalue weighted by Gasteiger charge is -1.89. The van der Waals surface area contributed by atoms with Crippen molar-refractivity contribution < 1.29 is 14.7 Å². The Balaban J connectivity index is 3.47. The summed E-state index contributed by atoms with van der Waals surface area (Å²) >= 11 is 0. The molecule has 0 spiro atoms. The maximum atomic E-state index is 10.5. The van der Waals surface area contributed by atoms with Crippen LogP contribution in [0.25, 0.3) is 0 Å². The van der Waals surface area contributed by atoms with Crippen LogP contribution < -0.4 is 11.1 Å². The summed E-state index contributed by atoms with van der Waals surface area (Å²) in [6.07, 6.45) is 0.200. The zero-order valence-electron chi connectivity index (χ0n) is 6.46. The lowest BCUT2D eigenvalue weighted by Crippen LogP contribution is -2.26. The second kappa shape index (κ2) is 6.19. The van der Waals surface area contributed by atoms with Crippen molar-refractivity contribution in [2.75, 3.05) is 6.54 Å². The molecule has 5 nitrogen and oxygen atoms in total. The number of carboxylic acids is 1. The molecule has 0 aromatic rings. The molecule has 66 valence electrons. The van der Waals surface area contributed by atoms with E-state index in [1.165, 1.54) is 0 Å². The fourth-order valence-corrected chi connectivity index (χ4v) is 0.397. The first-order valence-corrected chi connectivity index (χ1v) is 3.35. The van der Waals surface area contributed by atoms with Crippen LogP contribution in [-0.2, 0) is 9.59 Å². The van der Waals surface area contributed by atoms with Crippen molar-refractivity contribution in [3.8, 4) is 12.0 Å². The highest BCUT2D eigenvalue weighted by atomic mass is 16.4. The van der Waals surface area contributed by atoms with E-state index in [-0.39, 0.29) is 25.3 Å². The van der Waals surface area contributed by atoms with Crippen LogP contribution in [0.5, 0.6) is 0 Å². The van der Waals surface area contributed by atoms with Gasteiger partial charge in [-0.15, -0.1) is 0 Å². The van der Waals surface area contributed by atoms with E-state index in [1.807, 2.05) is 0 Å². The van der Waals surface area contributed by atoms with Crippen LogP contribution in [-0.4, -0.2) is 23.5 Å². The first-order chi connectivity index (χ1) is 5.66. The van der Waals surface area contributed by atoms with E-state index in [4.69, 9.17) is 10.8 Å². The predicted octanol–water partition coefficient (Wildman–Crippen LogP) is -1.11. The summed E-state index contributed by atoms with van der Waals surface area (Å²) in [7, 11) is 0. The number of amides is 1. The van der Waals surface area contributed by atoms with Crippen molar-refractivity contribution in [3.63, 3.8) is 0 Å². The maximum absolute atomic E-state index is 10.5. The van der Waals surface area contributed by atoms with Gasteiger partial charge in [0.15, 0.2) is 0 Å². The monoisotopic (exact) mass is 170 g/mol. The Morgan fingerprint density at radius 1 is 1.50 bits per heavy atom. The van der Waals surface area contributed by atoms with Gasteiger partial charge in [-0.25, -0.2) is 0 Å². The Kier molecular flexibility index (Phi) is 5.39. The number of nitrogens with two attached hydrogens (primary N) is 1. The maximum Gasteiger partial charge on any atom is 0.304 e. The molecule has 0 bridgehead atoms. The van der Waals surface area contributed by atoms with Gasteiger partial charge in [-0.05, 0) is 0 Å². The molecule has 0 radical (unpaired) electrons. The number of aliphatic carboxylic acids is 1. The molecule has 0 aliphatic carbocycles. The standard InChI is InChI=1S/C7H10N2O3/c8-5-6(10)9-4-2-1-3-7(11)12/h1,3,5,8H2,(H,9,10)(H,11,12). The molecule has 0 heterocycles. The van der Waals surface area contributed by atoms with Crippen molar-refractivity contribution in [1.82, 2.24) is 5.32 Å². The van der Waals surface area contributed by atoms with Crippen LogP contribution >= 0.6 is 0 Å². The van der Waals surface area contributed by atoms with Crippen molar-refractivity contribution in [2.24, 2.45) is 5.73 Å². The summed E-state index contributed by atoms with van der Waals surface area (Å²) in [5.74, 6) is 1.18. The topological polar surface area (TPSA) is 92.4 Å². The lowest BCUT2D eigenvalue weighted by molar-refractivity contribution is -0.136. The third kappa shape index (κ3) is 6.58. The highest BCUT2D eigenvalue weighted by molar-refractivity contribution is 5.79. The SMILES string of the molecule is NCC(=O)NC#CCCC(=O)O. The molecule has 0 aromatic carbocycles. The molecule has 0 rings (SSSR count). The van der Waals surface area contributed by atoms with E-state index in [1.54, 1.807) is 0 Å². The van der Waals surface area contributed by atoms with Gasteiger partial charge < -0.3 is 10.8 Å². The quantitative estimate of drug-likeness (QED) is 0.370.